The molecule has 0 saturated heterocycles. The van der Waals surface area contributed by atoms with Crippen LogP contribution in [0.4, 0.5) is 5.69 Å². The first-order valence-electron chi connectivity index (χ1n) is 7.50. The van der Waals surface area contributed by atoms with E-state index >= 15 is 0 Å². The van der Waals surface area contributed by atoms with Gasteiger partial charge in [0.15, 0.2) is 0 Å². The molecule has 1 atom stereocenters. The maximum atomic E-state index is 13.1. The zero-order valence-electron chi connectivity index (χ0n) is 12.6. The fourth-order valence-electron chi connectivity index (χ4n) is 2.73. The van der Waals surface area contributed by atoms with Crippen LogP contribution in [0.15, 0.2) is 82.4 Å². The van der Waals surface area contributed by atoms with Crippen LogP contribution >= 0.6 is 27.7 Å². The molecule has 3 aromatic rings. The van der Waals surface area contributed by atoms with E-state index in [0.29, 0.717) is 5.56 Å². The van der Waals surface area contributed by atoms with Crippen LogP contribution in [0.3, 0.4) is 0 Å². The zero-order chi connectivity index (χ0) is 16.5. The third-order valence-electron chi connectivity index (χ3n) is 3.87. The Labute approximate surface area is 152 Å². The van der Waals surface area contributed by atoms with Crippen LogP contribution in [0.2, 0.25) is 0 Å². The molecule has 0 spiro atoms. The Morgan fingerprint density at radius 2 is 1.71 bits per heavy atom. The lowest BCUT2D eigenvalue weighted by Crippen LogP contribution is -2.37. The summed E-state index contributed by atoms with van der Waals surface area (Å²) in [4.78, 5) is 19.4. The fourth-order valence-corrected chi connectivity index (χ4v) is 4.22. The standard InChI is InChI=1S/C19H13BrN2OS/c20-14-10-8-13(9-11-14)19-22(15-5-2-1-3-6-15)18(23)16-7-4-12-21-17(16)24-19/h1-12,19H. The molecule has 2 heterocycles. The molecule has 3 nitrogen and oxygen atoms in total. The first kappa shape index (κ1) is 15.4. The Kier molecular flexibility index (Phi) is 4.12. The Morgan fingerprint density at radius 1 is 0.958 bits per heavy atom. The number of hydrogen-bond donors (Lipinski definition) is 0. The zero-order valence-corrected chi connectivity index (χ0v) is 15.0. The third-order valence-corrected chi connectivity index (χ3v) is 5.65. The van der Waals surface area contributed by atoms with Gasteiger partial charge in [0.25, 0.3) is 5.91 Å². The molecule has 1 aliphatic rings. The molecule has 24 heavy (non-hydrogen) atoms. The van der Waals surface area contributed by atoms with Gasteiger partial charge in [-0.15, -0.1) is 0 Å². The molecule has 118 valence electrons. The van der Waals surface area contributed by atoms with Gasteiger partial charge < -0.3 is 0 Å². The SMILES string of the molecule is O=C1c2cccnc2SC(c2ccc(Br)cc2)N1c1ccccc1. The van der Waals surface area contributed by atoms with Gasteiger partial charge in [-0.05, 0) is 42.0 Å². The van der Waals surface area contributed by atoms with E-state index in [9.17, 15) is 4.79 Å². The van der Waals surface area contributed by atoms with Crippen LogP contribution < -0.4 is 4.90 Å². The number of para-hydroxylation sites is 1. The molecule has 1 unspecified atom stereocenters. The van der Waals surface area contributed by atoms with Crippen molar-refractivity contribution in [3.8, 4) is 0 Å². The van der Waals surface area contributed by atoms with E-state index in [0.717, 1.165) is 20.7 Å². The molecule has 0 bridgehead atoms. The Hall–Kier alpha value is -2.11. The monoisotopic (exact) mass is 396 g/mol. The van der Waals surface area contributed by atoms with Crippen LogP contribution in [0.1, 0.15) is 21.3 Å². The first-order valence-corrected chi connectivity index (χ1v) is 9.17. The molecule has 0 saturated carbocycles. The van der Waals surface area contributed by atoms with Crippen molar-refractivity contribution in [1.82, 2.24) is 4.98 Å². The van der Waals surface area contributed by atoms with Gasteiger partial charge >= 0.3 is 0 Å². The highest BCUT2D eigenvalue weighted by Crippen LogP contribution is 2.45. The van der Waals surface area contributed by atoms with Gasteiger partial charge in [0, 0.05) is 16.4 Å². The second kappa shape index (κ2) is 6.42. The Bertz CT molecular complexity index is 883. The number of aromatic nitrogens is 1. The summed E-state index contributed by atoms with van der Waals surface area (Å²) in [5.41, 5.74) is 2.61. The number of pyridine rings is 1. The van der Waals surface area contributed by atoms with E-state index < -0.39 is 0 Å². The van der Waals surface area contributed by atoms with Gasteiger partial charge in [-0.3, -0.25) is 9.69 Å². The summed E-state index contributed by atoms with van der Waals surface area (Å²) in [7, 11) is 0. The van der Waals surface area contributed by atoms with Crippen molar-refractivity contribution < 1.29 is 4.79 Å². The molecule has 0 N–H and O–H groups in total. The highest BCUT2D eigenvalue weighted by atomic mass is 79.9. The van der Waals surface area contributed by atoms with E-state index in [4.69, 9.17) is 0 Å². The molecule has 1 aromatic heterocycles. The molecule has 0 aliphatic carbocycles. The predicted molar refractivity (Wildman–Crippen MR) is 100 cm³/mol. The quantitative estimate of drug-likeness (QED) is 0.589. The minimum atomic E-state index is -0.143. The first-order chi connectivity index (χ1) is 11.7. The minimum absolute atomic E-state index is 0.0176. The molecule has 0 fully saturated rings. The highest BCUT2D eigenvalue weighted by Gasteiger charge is 2.35. The smallest absolute Gasteiger partial charge is 0.262 e. The van der Waals surface area contributed by atoms with Crippen molar-refractivity contribution in [2.45, 2.75) is 10.4 Å². The number of rotatable bonds is 2. The topological polar surface area (TPSA) is 33.2 Å². The maximum absolute atomic E-state index is 13.1. The van der Waals surface area contributed by atoms with Gasteiger partial charge in [0.2, 0.25) is 0 Å². The molecular weight excluding hydrogens is 384 g/mol. The Balaban J connectivity index is 1.86. The summed E-state index contributed by atoms with van der Waals surface area (Å²) in [6.45, 7) is 0. The number of fused-ring (bicyclic) bond motifs is 1. The third kappa shape index (κ3) is 2.74. The summed E-state index contributed by atoms with van der Waals surface area (Å²) >= 11 is 5.07. The van der Waals surface area contributed by atoms with Gasteiger partial charge in [-0.2, -0.15) is 0 Å². The molecule has 5 heteroatoms. The van der Waals surface area contributed by atoms with Crippen molar-refractivity contribution in [3.63, 3.8) is 0 Å². The number of halogens is 1. The lowest BCUT2D eigenvalue weighted by molar-refractivity contribution is 0.0978. The number of nitrogens with zero attached hydrogens (tertiary/aromatic N) is 2. The average Bonchev–Trinajstić information content (AvgIpc) is 2.63. The van der Waals surface area contributed by atoms with Crippen LogP contribution in [0.25, 0.3) is 0 Å². The normalized spacial score (nSPS) is 16.8. The number of anilines is 1. The van der Waals surface area contributed by atoms with Crippen molar-refractivity contribution in [3.05, 3.63) is 88.5 Å². The lowest BCUT2D eigenvalue weighted by atomic mass is 10.1. The van der Waals surface area contributed by atoms with Gasteiger partial charge in [-0.25, -0.2) is 4.98 Å². The van der Waals surface area contributed by atoms with E-state index in [2.05, 4.69) is 20.9 Å². The number of benzene rings is 2. The highest BCUT2D eigenvalue weighted by molar-refractivity contribution is 9.10. The lowest BCUT2D eigenvalue weighted by Gasteiger charge is -2.35. The van der Waals surface area contributed by atoms with Gasteiger partial charge in [-0.1, -0.05) is 58.0 Å². The maximum Gasteiger partial charge on any atom is 0.262 e. The predicted octanol–water partition coefficient (Wildman–Crippen LogP) is 5.30. The van der Waals surface area contributed by atoms with Crippen LogP contribution in [0.5, 0.6) is 0 Å². The van der Waals surface area contributed by atoms with E-state index in [1.54, 1.807) is 24.0 Å². The van der Waals surface area contributed by atoms with Crippen molar-refractivity contribution in [1.29, 1.82) is 0 Å². The molecule has 1 amide bonds. The number of hydrogen-bond acceptors (Lipinski definition) is 3. The number of carbonyl (C=O) groups excluding carboxylic acids is 1. The van der Waals surface area contributed by atoms with Gasteiger partial charge in [0.1, 0.15) is 10.4 Å². The summed E-state index contributed by atoms with van der Waals surface area (Å²) in [5, 5.41) is 0.637. The fraction of sp³-hybridized carbons (Fsp3) is 0.0526. The van der Waals surface area contributed by atoms with Crippen LogP contribution in [-0.4, -0.2) is 10.9 Å². The second-order valence-electron chi connectivity index (χ2n) is 5.39. The summed E-state index contributed by atoms with van der Waals surface area (Å²) < 4.78 is 1.02. The van der Waals surface area contributed by atoms with E-state index in [-0.39, 0.29) is 11.3 Å². The Morgan fingerprint density at radius 3 is 2.46 bits per heavy atom. The van der Waals surface area contributed by atoms with Crippen molar-refractivity contribution in [2.75, 3.05) is 4.90 Å². The van der Waals surface area contributed by atoms with E-state index in [1.807, 2.05) is 65.6 Å². The molecule has 0 radical (unpaired) electrons. The minimum Gasteiger partial charge on any atom is -0.291 e. The molecule has 4 rings (SSSR count). The van der Waals surface area contributed by atoms with Gasteiger partial charge in [0.05, 0.1) is 5.56 Å². The molecular formula is C19H13BrN2OS. The average molecular weight is 397 g/mol. The van der Waals surface area contributed by atoms with Crippen molar-refractivity contribution >= 4 is 39.3 Å². The number of carbonyl (C=O) groups is 1. The summed E-state index contributed by atoms with van der Waals surface area (Å²) in [6, 6.07) is 21.5. The van der Waals surface area contributed by atoms with Crippen LogP contribution in [0, 0.1) is 0 Å². The molecule has 1 aliphatic heterocycles. The summed E-state index contributed by atoms with van der Waals surface area (Å²) in [5.74, 6) is -0.0176. The molecule has 2 aromatic carbocycles. The van der Waals surface area contributed by atoms with E-state index in [1.165, 1.54) is 0 Å². The summed E-state index contributed by atoms with van der Waals surface area (Å²) in [6.07, 6.45) is 1.73. The van der Waals surface area contributed by atoms with Crippen molar-refractivity contribution in [2.24, 2.45) is 0 Å². The number of thioether (sulfide) groups is 1. The van der Waals surface area contributed by atoms with Crippen LogP contribution in [-0.2, 0) is 0 Å². The second-order valence-corrected chi connectivity index (χ2v) is 7.37. The largest absolute Gasteiger partial charge is 0.291 e. The number of amides is 1.